The normalized spacial score (nSPS) is 10.7. The number of carbonyl (C=O) groups excluding carboxylic acids is 2. The largest absolute Gasteiger partial charge is 0.494 e. The van der Waals surface area contributed by atoms with Crippen molar-refractivity contribution < 1.29 is 19.1 Å². The lowest BCUT2D eigenvalue weighted by atomic mass is 10.2. The van der Waals surface area contributed by atoms with Gasteiger partial charge in [-0.25, -0.2) is 4.98 Å². The van der Waals surface area contributed by atoms with Crippen molar-refractivity contribution in [2.24, 2.45) is 7.05 Å². The van der Waals surface area contributed by atoms with Crippen LogP contribution in [0.2, 0.25) is 0 Å². The summed E-state index contributed by atoms with van der Waals surface area (Å²) in [5.74, 6) is 1.10. The molecule has 164 valence electrons. The fourth-order valence-electron chi connectivity index (χ4n) is 2.65. The summed E-state index contributed by atoms with van der Waals surface area (Å²) in [6.45, 7) is 4.62. The fourth-order valence-corrected chi connectivity index (χ4v) is 4.09. The average molecular weight is 462 g/mol. The third-order valence-corrected chi connectivity index (χ3v) is 5.85. The molecule has 1 amide bonds. The molecule has 0 bridgehead atoms. The Morgan fingerprint density at radius 2 is 1.94 bits per heavy atom. The molecule has 11 heteroatoms. The van der Waals surface area contributed by atoms with E-state index in [1.165, 1.54) is 23.1 Å². The third-order valence-electron chi connectivity index (χ3n) is 4.02. The number of esters is 1. The average Bonchev–Trinajstić information content (AvgIpc) is 3.33. The molecular formula is C20H23N5O4S2. The Morgan fingerprint density at radius 3 is 2.65 bits per heavy atom. The number of ether oxygens (including phenoxy) is 2. The van der Waals surface area contributed by atoms with Gasteiger partial charge in [0, 0.05) is 18.0 Å². The number of anilines is 1. The summed E-state index contributed by atoms with van der Waals surface area (Å²) in [4.78, 5) is 28.0. The predicted molar refractivity (Wildman–Crippen MR) is 119 cm³/mol. The summed E-state index contributed by atoms with van der Waals surface area (Å²) in [7, 11) is 1.86. The monoisotopic (exact) mass is 461 g/mol. The quantitative estimate of drug-likeness (QED) is 0.362. The number of nitrogens with one attached hydrogen (secondary N) is 1. The van der Waals surface area contributed by atoms with Gasteiger partial charge in [-0.05, 0) is 38.1 Å². The van der Waals surface area contributed by atoms with Crippen molar-refractivity contribution >= 4 is 40.1 Å². The summed E-state index contributed by atoms with van der Waals surface area (Å²) in [6.07, 6.45) is 0.0855. The summed E-state index contributed by atoms with van der Waals surface area (Å²) >= 11 is 2.55. The summed E-state index contributed by atoms with van der Waals surface area (Å²) < 4.78 is 12.2. The zero-order valence-corrected chi connectivity index (χ0v) is 19.1. The number of thioether (sulfide) groups is 1. The molecule has 0 aliphatic heterocycles. The highest BCUT2D eigenvalue weighted by Crippen LogP contribution is 2.25. The first kappa shape index (κ1) is 22.8. The van der Waals surface area contributed by atoms with Crippen LogP contribution in [-0.2, 0) is 27.8 Å². The third kappa shape index (κ3) is 6.28. The van der Waals surface area contributed by atoms with Crippen LogP contribution in [0.3, 0.4) is 0 Å². The molecule has 0 saturated carbocycles. The molecule has 0 radical (unpaired) electrons. The zero-order chi connectivity index (χ0) is 22.2. The molecule has 9 nitrogen and oxygen atoms in total. The van der Waals surface area contributed by atoms with E-state index in [0.717, 1.165) is 11.3 Å². The van der Waals surface area contributed by atoms with Gasteiger partial charge < -0.3 is 19.4 Å². The van der Waals surface area contributed by atoms with Gasteiger partial charge in [-0.1, -0.05) is 11.8 Å². The van der Waals surface area contributed by atoms with E-state index in [9.17, 15) is 9.59 Å². The number of nitrogens with zero attached hydrogens (tertiary/aromatic N) is 4. The van der Waals surface area contributed by atoms with E-state index >= 15 is 0 Å². The molecule has 0 spiro atoms. The van der Waals surface area contributed by atoms with Crippen molar-refractivity contribution in [3.63, 3.8) is 0 Å². The minimum atomic E-state index is -0.341. The first-order valence-electron chi connectivity index (χ1n) is 9.65. The molecule has 0 atom stereocenters. The van der Waals surface area contributed by atoms with Crippen LogP contribution in [0.25, 0.3) is 11.4 Å². The Labute approximate surface area is 188 Å². The van der Waals surface area contributed by atoms with Gasteiger partial charge in [0.05, 0.1) is 31.1 Å². The van der Waals surface area contributed by atoms with Crippen molar-refractivity contribution in [3.8, 4) is 17.1 Å². The Morgan fingerprint density at radius 1 is 1.16 bits per heavy atom. The first-order valence-corrected chi connectivity index (χ1v) is 11.5. The lowest BCUT2D eigenvalue weighted by Gasteiger charge is -2.06. The van der Waals surface area contributed by atoms with Gasteiger partial charge in [0.15, 0.2) is 16.1 Å². The number of thiazole rings is 1. The molecule has 0 unspecified atom stereocenters. The van der Waals surface area contributed by atoms with Crippen molar-refractivity contribution in [2.45, 2.75) is 25.4 Å². The van der Waals surface area contributed by atoms with Gasteiger partial charge in [-0.15, -0.1) is 21.5 Å². The summed E-state index contributed by atoms with van der Waals surface area (Å²) in [5.41, 5.74) is 1.48. The van der Waals surface area contributed by atoms with E-state index in [2.05, 4.69) is 20.5 Å². The van der Waals surface area contributed by atoms with Crippen LogP contribution < -0.4 is 10.1 Å². The number of benzene rings is 1. The minimum absolute atomic E-state index is 0.0855. The van der Waals surface area contributed by atoms with E-state index < -0.39 is 0 Å². The van der Waals surface area contributed by atoms with Crippen molar-refractivity contribution in [2.75, 3.05) is 24.3 Å². The maximum Gasteiger partial charge on any atom is 0.311 e. The zero-order valence-electron chi connectivity index (χ0n) is 17.5. The molecule has 2 aromatic heterocycles. The molecule has 0 aliphatic rings. The minimum Gasteiger partial charge on any atom is -0.494 e. The Hall–Kier alpha value is -2.92. The number of carbonyl (C=O) groups is 2. The van der Waals surface area contributed by atoms with Crippen LogP contribution in [0.15, 0.2) is 34.8 Å². The maximum atomic E-state index is 12.3. The molecule has 2 heterocycles. The number of hydrogen-bond acceptors (Lipinski definition) is 9. The molecule has 0 saturated heterocycles. The van der Waals surface area contributed by atoms with E-state index in [4.69, 9.17) is 9.47 Å². The predicted octanol–water partition coefficient (Wildman–Crippen LogP) is 3.17. The highest BCUT2D eigenvalue weighted by Gasteiger charge is 2.15. The van der Waals surface area contributed by atoms with Crippen molar-refractivity contribution in [3.05, 3.63) is 35.3 Å². The number of rotatable bonds is 10. The van der Waals surface area contributed by atoms with Crippen LogP contribution in [0.4, 0.5) is 5.13 Å². The van der Waals surface area contributed by atoms with Crippen LogP contribution in [-0.4, -0.2) is 50.6 Å². The standard InChI is InChI=1S/C20H23N5O4S2/c1-4-28-15-8-6-13(7-9-15)18-23-24-20(25(18)3)31-12-16(26)22-19-21-14(11-30-19)10-17(27)29-5-2/h6-9,11H,4-5,10,12H2,1-3H3,(H,21,22,26). The van der Waals surface area contributed by atoms with Gasteiger partial charge in [-0.2, -0.15) is 0 Å². The lowest BCUT2D eigenvalue weighted by Crippen LogP contribution is -2.14. The van der Waals surface area contributed by atoms with E-state index in [-0.39, 0.29) is 24.1 Å². The second-order valence-corrected chi connectivity index (χ2v) is 8.09. The van der Waals surface area contributed by atoms with Gasteiger partial charge in [0.1, 0.15) is 5.75 Å². The fraction of sp³-hybridized carbons (Fsp3) is 0.350. The summed E-state index contributed by atoms with van der Waals surface area (Å²) in [5, 5.41) is 14.0. The maximum absolute atomic E-state index is 12.3. The van der Waals surface area contributed by atoms with Crippen LogP contribution in [0.5, 0.6) is 5.75 Å². The van der Waals surface area contributed by atoms with Gasteiger partial charge in [0.25, 0.3) is 0 Å². The molecule has 1 aromatic carbocycles. The Balaban J connectivity index is 1.54. The molecular weight excluding hydrogens is 438 g/mol. The molecule has 1 N–H and O–H groups in total. The SMILES string of the molecule is CCOC(=O)Cc1csc(NC(=O)CSc2nnc(-c3ccc(OCC)cc3)n2C)n1. The summed E-state index contributed by atoms with van der Waals surface area (Å²) in [6, 6.07) is 7.62. The molecule has 3 rings (SSSR count). The number of hydrogen-bond donors (Lipinski definition) is 1. The van der Waals surface area contributed by atoms with E-state index in [1.54, 1.807) is 12.3 Å². The first-order chi connectivity index (χ1) is 15.0. The van der Waals surface area contributed by atoms with Crippen molar-refractivity contribution in [1.82, 2.24) is 19.7 Å². The van der Waals surface area contributed by atoms with Crippen LogP contribution >= 0.6 is 23.1 Å². The molecule has 0 aliphatic carbocycles. The van der Waals surface area contributed by atoms with Crippen LogP contribution in [0.1, 0.15) is 19.5 Å². The van der Waals surface area contributed by atoms with Crippen LogP contribution in [0, 0.1) is 0 Å². The molecule has 3 aromatic rings. The Kier molecular flexibility index (Phi) is 8.01. The highest BCUT2D eigenvalue weighted by molar-refractivity contribution is 7.99. The highest BCUT2D eigenvalue weighted by atomic mass is 32.2. The molecule has 0 fully saturated rings. The lowest BCUT2D eigenvalue weighted by molar-refractivity contribution is -0.142. The van der Waals surface area contributed by atoms with E-state index in [1.807, 2.05) is 42.8 Å². The number of aromatic nitrogens is 4. The number of amides is 1. The van der Waals surface area contributed by atoms with E-state index in [0.29, 0.717) is 35.0 Å². The smallest absolute Gasteiger partial charge is 0.311 e. The molecule has 31 heavy (non-hydrogen) atoms. The Bertz CT molecular complexity index is 1030. The topological polar surface area (TPSA) is 108 Å². The van der Waals surface area contributed by atoms with Crippen molar-refractivity contribution in [1.29, 1.82) is 0 Å². The van der Waals surface area contributed by atoms with Gasteiger partial charge >= 0.3 is 5.97 Å². The van der Waals surface area contributed by atoms with Gasteiger partial charge in [-0.3, -0.25) is 9.59 Å². The second-order valence-electron chi connectivity index (χ2n) is 6.29. The van der Waals surface area contributed by atoms with Gasteiger partial charge in [0.2, 0.25) is 5.91 Å². The second kappa shape index (κ2) is 10.9.